The second kappa shape index (κ2) is 9.59. The Morgan fingerprint density at radius 3 is 2.55 bits per heavy atom. The zero-order chi connectivity index (χ0) is 8.36. The largest absolute Gasteiger partial charge is 0.396 e. The molecule has 0 bridgehead atoms. The van der Waals surface area contributed by atoms with Crippen LogP contribution in [-0.2, 0) is 4.79 Å². The van der Waals surface area contributed by atoms with Crippen LogP contribution in [0.1, 0.15) is 25.7 Å². The molecule has 0 aromatic rings. The first-order valence-corrected chi connectivity index (χ1v) is 4.08. The Labute approximate surface area is 67.8 Å². The molecule has 1 radical (unpaired) electrons. The minimum atomic E-state index is 0.287. The van der Waals surface area contributed by atoms with Crippen molar-refractivity contribution < 1.29 is 9.90 Å². The second-order valence-corrected chi connectivity index (χ2v) is 2.46. The van der Waals surface area contributed by atoms with Crippen molar-refractivity contribution >= 4 is 6.29 Å². The zero-order valence-corrected chi connectivity index (χ0v) is 6.81. The highest BCUT2D eigenvalue weighted by Gasteiger charge is 1.88. The summed E-state index contributed by atoms with van der Waals surface area (Å²) >= 11 is 0. The van der Waals surface area contributed by atoms with E-state index in [4.69, 9.17) is 5.11 Å². The Morgan fingerprint density at radius 2 is 1.91 bits per heavy atom. The summed E-state index contributed by atoms with van der Waals surface area (Å²) in [5, 5.41) is 11.4. The van der Waals surface area contributed by atoms with E-state index in [0.29, 0.717) is 6.54 Å². The molecule has 0 saturated carbocycles. The average molecular weight is 158 g/mol. The van der Waals surface area contributed by atoms with Gasteiger partial charge in [0.05, 0.1) is 6.54 Å². The van der Waals surface area contributed by atoms with Crippen LogP contribution in [0.2, 0.25) is 0 Å². The smallest absolute Gasteiger partial charge is 0.213 e. The van der Waals surface area contributed by atoms with Gasteiger partial charge in [0.1, 0.15) is 0 Å². The monoisotopic (exact) mass is 158 g/mol. The molecule has 0 atom stereocenters. The maximum absolute atomic E-state index is 9.72. The maximum atomic E-state index is 9.72. The number of hydrogen-bond acceptors (Lipinski definition) is 3. The fourth-order valence-electron chi connectivity index (χ4n) is 0.855. The second-order valence-electron chi connectivity index (χ2n) is 2.46. The third kappa shape index (κ3) is 9.59. The summed E-state index contributed by atoms with van der Waals surface area (Å²) < 4.78 is 0. The lowest BCUT2D eigenvalue weighted by molar-refractivity contribution is 0.282. The van der Waals surface area contributed by atoms with Gasteiger partial charge in [0.25, 0.3) is 0 Å². The highest BCUT2D eigenvalue weighted by molar-refractivity contribution is 5.52. The molecule has 0 aliphatic carbocycles. The highest BCUT2D eigenvalue weighted by atomic mass is 16.2. The average Bonchev–Trinajstić information content (AvgIpc) is 2.03. The number of nitrogens with one attached hydrogen (secondary N) is 1. The summed E-state index contributed by atoms with van der Waals surface area (Å²) in [4.78, 5) is 9.72. The van der Waals surface area contributed by atoms with E-state index in [9.17, 15) is 4.79 Å². The fraction of sp³-hybridized carbons (Fsp3) is 0.875. The third-order valence-electron chi connectivity index (χ3n) is 1.46. The Morgan fingerprint density at radius 1 is 1.18 bits per heavy atom. The molecule has 2 N–H and O–H groups in total. The van der Waals surface area contributed by atoms with Crippen LogP contribution in [0.25, 0.3) is 0 Å². The molecule has 0 aromatic heterocycles. The first-order valence-electron chi connectivity index (χ1n) is 4.08. The summed E-state index contributed by atoms with van der Waals surface area (Å²) in [5.41, 5.74) is 0. The standard InChI is InChI=1S/C8H16NO2/c10-7-4-2-1-3-5-9-6-8-11/h9-10H,1-7H2. The zero-order valence-electron chi connectivity index (χ0n) is 6.81. The number of aliphatic hydroxyl groups is 1. The Kier molecular flexibility index (Phi) is 9.23. The number of hydrogen-bond donors (Lipinski definition) is 2. The van der Waals surface area contributed by atoms with Gasteiger partial charge in [-0.05, 0) is 19.4 Å². The van der Waals surface area contributed by atoms with E-state index >= 15 is 0 Å². The van der Waals surface area contributed by atoms with E-state index in [-0.39, 0.29) is 6.61 Å². The first-order chi connectivity index (χ1) is 5.41. The lowest BCUT2D eigenvalue weighted by atomic mass is 10.2. The van der Waals surface area contributed by atoms with E-state index in [1.807, 2.05) is 0 Å². The van der Waals surface area contributed by atoms with Gasteiger partial charge < -0.3 is 10.4 Å². The van der Waals surface area contributed by atoms with Crippen molar-refractivity contribution in [1.82, 2.24) is 5.32 Å². The summed E-state index contributed by atoms with van der Waals surface area (Å²) in [5.74, 6) is 0. The Balaban J connectivity index is 2.74. The van der Waals surface area contributed by atoms with Gasteiger partial charge in [-0.2, -0.15) is 0 Å². The van der Waals surface area contributed by atoms with E-state index in [2.05, 4.69) is 5.32 Å². The third-order valence-corrected chi connectivity index (χ3v) is 1.46. The van der Waals surface area contributed by atoms with Crippen LogP contribution in [0.4, 0.5) is 0 Å². The van der Waals surface area contributed by atoms with Gasteiger partial charge in [0.15, 0.2) is 0 Å². The van der Waals surface area contributed by atoms with Gasteiger partial charge in [-0.15, -0.1) is 0 Å². The minimum Gasteiger partial charge on any atom is -0.396 e. The van der Waals surface area contributed by atoms with Gasteiger partial charge in [-0.1, -0.05) is 12.8 Å². The quantitative estimate of drug-likeness (QED) is 0.497. The van der Waals surface area contributed by atoms with Crippen molar-refractivity contribution in [3.8, 4) is 0 Å². The molecule has 3 heteroatoms. The summed E-state index contributed by atoms with van der Waals surface area (Å²) in [6.07, 6.45) is 5.92. The fourth-order valence-corrected chi connectivity index (χ4v) is 0.855. The number of aliphatic hydroxyl groups excluding tert-OH is 1. The predicted octanol–water partition coefficient (Wildman–Crippen LogP) is 0.238. The summed E-state index contributed by atoms with van der Waals surface area (Å²) in [7, 11) is 0. The molecular formula is C8H16NO2. The number of unbranched alkanes of at least 4 members (excludes halogenated alkanes) is 3. The van der Waals surface area contributed by atoms with Crippen LogP contribution in [-0.4, -0.2) is 31.1 Å². The van der Waals surface area contributed by atoms with Crippen LogP contribution in [0.15, 0.2) is 0 Å². The van der Waals surface area contributed by atoms with Crippen LogP contribution >= 0.6 is 0 Å². The van der Waals surface area contributed by atoms with Crippen LogP contribution in [0.3, 0.4) is 0 Å². The van der Waals surface area contributed by atoms with Gasteiger partial charge in [-0.25, -0.2) is 0 Å². The van der Waals surface area contributed by atoms with Gasteiger partial charge in [0.2, 0.25) is 6.29 Å². The molecule has 0 fully saturated rings. The molecule has 0 amide bonds. The Hall–Kier alpha value is -0.410. The molecule has 0 unspecified atom stereocenters. The number of carbonyl (C=O) groups excluding carboxylic acids is 1. The van der Waals surface area contributed by atoms with Crippen molar-refractivity contribution in [3.63, 3.8) is 0 Å². The molecule has 0 heterocycles. The maximum Gasteiger partial charge on any atom is 0.213 e. The van der Waals surface area contributed by atoms with E-state index in [1.165, 1.54) is 0 Å². The summed E-state index contributed by atoms with van der Waals surface area (Å²) in [6.45, 7) is 1.50. The molecule has 3 nitrogen and oxygen atoms in total. The van der Waals surface area contributed by atoms with Crippen LogP contribution in [0.5, 0.6) is 0 Å². The predicted molar refractivity (Wildman–Crippen MR) is 44.1 cm³/mol. The molecule has 65 valence electrons. The number of rotatable bonds is 8. The van der Waals surface area contributed by atoms with Crippen molar-refractivity contribution in [3.05, 3.63) is 0 Å². The van der Waals surface area contributed by atoms with Crippen LogP contribution in [0, 0.1) is 0 Å². The topological polar surface area (TPSA) is 49.3 Å². The summed E-state index contributed by atoms with van der Waals surface area (Å²) in [6, 6.07) is 0. The van der Waals surface area contributed by atoms with Crippen molar-refractivity contribution in [2.24, 2.45) is 0 Å². The lowest BCUT2D eigenvalue weighted by Crippen LogP contribution is -2.17. The SMILES string of the molecule is O=[C]CNCCCCCCO. The van der Waals surface area contributed by atoms with Gasteiger partial charge in [0, 0.05) is 6.61 Å². The van der Waals surface area contributed by atoms with E-state index < -0.39 is 0 Å². The van der Waals surface area contributed by atoms with E-state index in [0.717, 1.165) is 32.2 Å². The molecule has 0 aromatic carbocycles. The molecule has 11 heavy (non-hydrogen) atoms. The molecule has 0 rings (SSSR count). The van der Waals surface area contributed by atoms with Crippen molar-refractivity contribution in [2.45, 2.75) is 25.7 Å². The first kappa shape index (κ1) is 10.6. The van der Waals surface area contributed by atoms with Crippen LogP contribution < -0.4 is 5.32 Å². The van der Waals surface area contributed by atoms with Gasteiger partial charge in [-0.3, -0.25) is 4.79 Å². The highest BCUT2D eigenvalue weighted by Crippen LogP contribution is 1.96. The molecule has 0 spiro atoms. The normalized spacial score (nSPS) is 9.91. The van der Waals surface area contributed by atoms with E-state index in [1.54, 1.807) is 6.29 Å². The molecule has 0 aliphatic rings. The molecular weight excluding hydrogens is 142 g/mol. The molecule has 0 aliphatic heterocycles. The lowest BCUT2D eigenvalue weighted by Gasteiger charge is -1.99. The van der Waals surface area contributed by atoms with Crippen molar-refractivity contribution in [2.75, 3.05) is 19.7 Å². The Bertz CT molecular complexity index is 86.2. The van der Waals surface area contributed by atoms with Gasteiger partial charge >= 0.3 is 0 Å². The van der Waals surface area contributed by atoms with Crippen molar-refractivity contribution in [1.29, 1.82) is 0 Å². The molecule has 0 saturated heterocycles. The minimum absolute atomic E-state index is 0.287.